The highest BCUT2D eigenvalue weighted by Crippen LogP contribution is 2.34. The number of fused-ring (bicyclic) bond motifs is 2. The van der Waals surface area contributed by atoms with Crippen molar-refractivity contribution in [3.05, 3.63) is 101 Å². The standard InChI is InChI=1S/C30H23N3O3S2/c1-35-23-7-5-6-22(16-23)32-29(25(17-31)30-33-26-8-3-4-9-28(26)38-30)37-18-27(34)21-11-10-20-15-24(36-2)13-12-19(20)14-21/h3-16,32H,18H2,1-2H3/b29-25+. The number of para-hydroxylation sites is 1. The Balaban J connectivity index is 1.46. The summed E-state index contributed by atoms with van der Waals surface area (Å²) in [7, 11) is 3.23. The second kappa shape index (κ2) is 11.4. The van der Waals surface area contributed by atoms with Crippen molar-refractivity contribution in [2.24, 2.45) is 0 Å². The molecule has 5 aromatic rings. The number of benzene rings is 4. The normalized spacial score (nSPS) is 11.6. The molecule has 0 amide bonds. The van der Waals surface area contributed by atoms with Crippen molar-refractivity contribution in [1.29, 1.82) is 5.26 Å². The van der Waals surface area contributed by atoms with Crippen molar-refractivity contribution >= 4 is 61.1 Å². The van der Waals surface area contributed by atoms with Gasteiger partial charge in [0.2, 0.25) is 0 Å². The highest BCUT2D eigenvalue weighted by molar-refractivity contribution is 8.04. The van der Waals surface area contributed by atoms with Crippen LogP contribution in [0.15, 0.2) is 90.0 Å². The van der Waals surface area contributed by atoms with E-state index in [0.29, 0.717) is 26.9 Å². The molecule has 5 rings (SSSR count). The lowest BCUT2D eigenvalue weighted by Crippen LogP contribution is -2.07. The topological polar surface area (TPSA) is 84.2 Å². The number of hydrogen-bond donors (Lipinski definition) is 1. The maximum Gasteiger partial charge on any atom is 0.173 e. The lowest BCUT2D eigenvalue weighted by atomic mass is 10.0. The summed E-state index contributed by atoms with van der Waals surface area (Å²) in [5.74, 6) is 1.55. The summed E-state index contributed by atoms with van der Waals surface area (Å²) in [4.78, 5) is 17.9. The number of carbonyl (C=O) groups is 1. The molecule has 0 fully saturated rings. The molecule has 4 aromatic carbocycles. The number of allylic oxidation sites excluding steroid dienone is 1. The summed E-state index contributed by atoms with van der Waals surface area (Å²) < 4.78 is 11.6. The molecule has 1 aromatic heterocycles. The molecule has 1 heterocycles. The Morgan fingerprint density at radius 2 is 1.71 bits per heavy atom. The van der Waals surface area contributed by atoms with Crippen molar-refractivity contribution < 1.29 is 14.3 Å². The number of thiazole rings is 1. The first-order valence-electron chi connectivity index (χ1n) is 11.7. The first-order chi connectivity index (χ1) is 18.6. The molecule has 8 heteroatoms. The molecule has 0 radical (unpaired) electrons. The number of aromatic nitrogens is 1. The van der Waals surface area contributed by atoms with Gasteiger partial charge in [-0.05, 0) is 53.2 Å². The number of carbonyl (C=O) groups excluding carboxylic acids is 1. The molecule has 38 heavy (non-hydrogen) atoms. The molecule has 0 aliphatic rings. The van der Waals surface area contributed by atoms with Crippen LogP contribution in [0.2, 0.25) is 0 Å². The van der Waals surface area contributed by atoms with Gasteiger partial charge in [0.25, 0.3) is 0 Å². The Hall–Kier alpha value is -4.32. The van der Waals surface area contributed by atoms with Crippen molar-refractivity contribution in [3.63, 3.8) is 0 Å². The van der Waals surface area contributed by atoms with Crippen LogP contribution in [0.25, 0.3) is 26.6 Å². The number of nitriles is 1. The van der Waals surface area contributed by atoms with Crippen molar-refractivity contribution in [1.82, 2.24) is 4.98 Å². The summed E-state index contributed by atoms with van der Waals surface area (Å²) in [5, 5.41) is 16.6. The number of nitrogens with zero attached hydrogens (tertiary/aromatic N) is 2. The highest BCUT2D eigenvalue weighted by Gasteiger charge is 2.18. The molecule has 0 spiro atoms. The number of ketones is 1. The van der Waals surface area contributed by atoms with E-state index < -0.39 is 0 Å². The lowest BCUT2D eigenvalue weighted by Gasteiger charge is -2.13. The monoisotopic (exact) mass is 537 g/mol. The molecule has 0 atom stereocenters. The third kappa shape index (κ3) is 5.49. The van der Waals surface area contributed by atoms with Crippen LogP contribution in [-0.2, 0) is 0 Å². The van der Waals surface area contributed by atoms with E-state index in [1.807, 2.05) is 84.9 Å². The van der Waals surface area contributed by atoms with E-state index in [-0.39, 0.29) is 11.5 Å². The third-order valence-corrected chi connectivity index (χ3v) is 7.95. The minimum atomic E-state index is -0.0424. The van der Waals surface area contributed by atoms with Gasteiger partial charge >= 0.3 is 0 Å². The number of anilines is 1. The predicted octanol–water partition coefficient (Wildman–Crippen LogP) is 7.39. The fourth-order valence-corrected chi connectivity index (χ4v) is 5.87. The Kier molecular flexibility index (Phi) is 7.59. The average Bonchev–Trinajstić information content (AvgIpc) is 3.39. The minimum Gasteiger partial charge on any atom is -0.497 e. The largest absolute Gasteiger partial charge is 0.497 e. The van der Waals surface area contributed by atoms with E-state index in [1.54, 1.807) is 14.2 Å². The highest BCUT2D eigenvalue weighted by atomic mass is 32.2. The average molecular weight is 538 g/mol. The molecule has 0 saturated carbocycles. The van der Waals surface area contributed by atoms with E-state index in [0.717, 1.165) is 32.4 Å². The van der Waals surface area contributed by atoms with E-state index >= 15 is 0 Å². The summed E-state index contributed by atoms with van der Waals surface area (Å²) >= 11 is 2.73. The van der Waals surface area contributed by atoms with Gasteiger partial charge in [-0.3, -0.25) is 4.79 Å². The van der Waals surface area contributed by atoms with Crippen LogP contribution in [-0.4, -0.2) is 30.7 Å². The molecular weight excluding hydrogens is 514 g/mol. The molecule has 0 aliphatic carbocycles. The third-order valence-electron chi connectivity index (χ3n) is 5.89. The fourth-order valence-electron chi connectivity index (χ4n) is 3.92. The molecule has 0 unspecified atom stereocenters. The predicted molar refractivity (Wildman–Crippen MR) is 156 cm³/mol. The molecule has 0 saturated heterocycles. The summed E-state index contributed by atoms with van der Waals surface area (Å²) in [6.45, 7) is 0. The van der Waals surface area contributed by atoms with E-state index in [4.69, 9.17) is 9.47 Å². The van der Waals surface area contributed by atoms with E-state index in [2.05, 4.69) is 16.4 Å². The number of methoxy groups -OCH3 is 2. The van der Waals surface area contributed by atoms with Crippen LogP contribution in [0.5, 0.6) is 11.5 Å². The Morgan fingerprint density at radius 3 is 2.50 bits per heavy atom. The maximum atomic E-state index is 13.2. The van der Waals surface area contributed by atoms with Crippen molar-refractivity contribution in [3.8, 4) is 17.6 Å². The number of rotatable bonds is 9. The number of hydrogen-bond acceptors (Lipinski definition) is 8. The maximum absolute atomic E-state index is 13.2. The van der Waals surface area contributed by atoms with Crippen molar-refractivity contribution in [2.45, 2.75) is 0 Å². The van der Waals surface area contributed by atoms with Gasteiger partial charge in [-0.15, -0.1) is 11.3 Å². The molecule has 188 valence electrons. The molecule has 6 nitrogen and oxygen atoms in total. The van der Waals surface area contributed by atoms with Crippen LogP contribution in [0.1, 0.15) is 15.4 Å². The van der Waals surface area contributed by atoms with E-state index in [9.17, 15) is 10.1 Å². The zero-order valence-corrected chi connectivity index (χ0v) is 22.4. The smallest absolute Gasteiger partial charge is 0.173 e. The van der Waals surface area contributed by atoms with Gasteiger partial charge in [0.15, 0.2) is 5.78 Å². The van der Waals surface area contributed by atoms with Crippen LogP contribution in [0, 0.1) is 11.3 Å². The van der Waals surface area contributed by atoms with E-state index in [1.165, 1.54) is 23.1 Å². The van der Waals surface area contributed by atoms with Gasteiger partial charge in [0.1, 0.15) is 28.1 Å². The molecule has 1 N–H and O–H groups in total. The number of Topliss-reactive ketones (excluding diaryl/α,β-unsaturated/α-hetero) is 1. The van der Waals surface area contributed by atoms with Crippen molar-refractivity contribution in [2.75, 3.05) is 25.3 Å². The SMILES string of the molecule is COc1cccc(N/C(SCC(=O)c2ccc3cc(OC)ccc3c2)=C(/C#N)c2nc3ccccc3s2)c1. The Morgan fingerprint density at radius 1 is 0.947 bits per heavy atom. The number of thioether (sulfide) groups is 1. The minimum absolute atomic E-state index is 0.0424. The van der Waals surface area contributed by atoms with Gasteiger partial charge in [-0.2, -0.15) is 5.26 Å². The molecule has 0 aliphatic heterocycles. The van der Waals surface area contributed by atoms with Gasteiger partial charge in [0, 0.05) is 17.3 Å². The van der Waals surface area contributed by atoms with Gasteiger partial charge in [-0.1, -0.05) is 48.2 Å². The Bertz CT molecular complexity index is 1690. The zero-order chi connectivity index (χ0) is 26.5. The lowest BCUT2D eigenvalue weighted by molar-refractivity contribution is 0.102. The Labute approximate surface area is 228 Å². The van der Waals surface area contributed by atoms with Gasteiger partial charge in [0.05, 0.1) is 35.2 Å². The summed E-state index contributed by atoms with van der Waals surface area (Å²) in [6.07, 6.45) is 0. The second-order valence-corrected chi connectivity index (χ2v) is 10.3. The second-order valence-electron chi connectivity index (χ2n) is 8.30. The van der Waals surface area contributed by atoms with Crippen LogP contribution < -0.4 is 14.8 Å². The number of nitrogens with one attached hydrogen (secondary N) is 1. The zero-order valence-electron chi connectivity index (χ0n) is 20.7. The summed E-state index contributed by atoms with van der Waals surface area (Å²) in [6, 6.07) is 28.9. The molecule has 0 bridgehead atoms. The van der Waals surface area contributed by atoms with Gasteiger partial charge in [-0.25, -0.2) is 4.98 Å². The fraction of sp³-hybridized carbons (Fsp3) is 0.100. The molecular formula is C30H23N3O3S2. The van der Waals surface area contributed by atoms with Crippen LogP contribution in [0.4, 0.5) is 5.69 Å². The van der Waals surface area contributed by atoms with Gasteiger partial charge < -0.3 is 14.8 Å². The first kappa shape index (κ1) is 25.3. The number of ether oxygens (including phenoxy) is 2. The van der Waals surface area contributed by atoms with Crippen LogP contribution in [0.3, 0.4) is 0 Å². The summed E-state index contributed by atoms with van der Waals surface area (Å²) in [5.41, 5.74) is 2.56. The van der Waals surface area contributed by atoms with Crippen LogP contribution >= 0.6 is 23.1 Å². The quantitative estimate of drug-likeness (QED) is 0.155. The first-order valence-corrected chi connectivity index (χ1v) is 13.5.